The van der Waals surface area contributed by atoms with Crippen LogP contribution in [0.15, 0.2) is 54.3 Å². The number of hydrogen-bond donors (Lipinski definition) is 2. The number of aromatic nitrogens is 2. The average molecular weight is 348 g/mol. The highest BCUT2D eigenvalue weighted by Crippen LogP contribution is 2.30. The lowest BCUT2D eigenvalue weighted by molar-refractivity contribution is -0.111. The Kier molecular flexibility index (Phi) is 3.88. The van der Waals surface area contributed by atoms with Crippen LogP contribution in [-0.2, 0) is 11.3 Å². The molecule has 2 aromatic carbocycles. The van der Waals surface area contributed by atoms with Crippen molar-refractivity contribution in [1.29, 1.82) is 0 Å². The van der Waals surface area contributed by atoms with Gasteiger partial charge in [-0.1, -0.05) is 12.1 Å². The fraction of sp³-hybridized carbons (Fsp3) is 0.200. The molecule has 0 atom stereocenters. The maximum absolute atomic E-state index is 12.8. The number of imidazole rings is 1. The van der Waals surface area contributed by atoms with Crippen molar-refractivity contribution in [2.45, 2.75) is 13.0 Å². The molecule has 6 nitrogen and oxygen atoms in total. The summed E-state index contributed by atoms with van der Waals surface area (Å²) in [7, 11) is 3.92. The normalized spacial score (nSPS) is 13.6. The zero-order chi connectivity index (χ0) is 18.3. The second kappa shape index (κ2) is 6.22. The van der Waals surface area contributed by atoms with Crippen LogP contribution < -0.4 is 10.2 Å². The van der Waals surface area contributed by atoms with E-state index in [1.807, 2.05) is 72.1 Å². The van der Waals surface area contributed by atoms with E-state index in [1.165, 1.54) is 0 Å². The Balaban J connectivity index is 1.67. The lowest BCUT2D eigenvalue weighted by Gasteiger charge is -2.19. The topological polar surface area (TPSA) is 70.4 Å². The molecule has 3 aromatic rings. The number of allylic oxidation sites excluding steroid dienone is 1. The van der Waals surface area contributed by atoms with E-state index in [1.54, 1.807) is 0 Å². The number of carbonyl (C=O) groups is 1. The fourth-order valence-corrected chi connectivity index (χ4v) is 3.23. The molecule has 0 fully saturated rings. The molecule has 0 unspecified atom stereocenters. The van der Waals surface area contributed by atoms with Crippen LogP contribution in [0.5, 0.6) is 0 Å². The van der Waals surface area contributed by atoms with Gasteiger partial charge in [0.1, 0.15) is 17.2 Å². The first-order chi connectivity index (χ1) is 12.5. The van der Waals surface area contributed by atoms with Gasteiger partial charge in [0.05, 0.1) is 11.0 Å². The standard InChI is InChI=1S/C20H20N4O2/c1-23(2)14-9-7-13(8-10-14)21-20(26)18-17(25)11-12-24-16-6-4-3-5-15(16)22-19(18)24/h3-10,25H,11-12H2,1-2H3,(H,21,26). The first-order valence-corrected chi connectivity index (χ1v) is 8.51. The average Bonchev–Trinajstić information content (AvgIpc) is 3.00. The number of fused-ring (bicyclic) bond motifs is 3. The largest absolute Gasteiger partial charge is 0.511 e. The number of anilines is 2. The summed E-state index contributed by atoms with van der Waals surface area (Å²) in [6.07, 6.45) is 0.412. The molecule has 1 amide bonds. The number of benzene rings is 2. The fourth-order valence-electron chi connectivity index (χ4n) is 3.23. The molecule has 0 saturated carbocycles. The lowest BCUT2D eigenvalue weighted by Crippen LogP contribution is -2.22. The molecular weight excluding hydrogens is 328 g/mol. The maximum Gasteiger partial charge on any atom is 0.262 e. The van der Waals surface area contributed by atoms with Crippen molar-refractivity contribution < 1.29 is 9.90 Å². The molecule has 0 bridgehead atoms. The van der Waals surface area contributed by atoms with Crippen molar-refractivity contribution in [3.8, 4) is 0 Å². The number of hydrogen-bond acceptors (Lipinski definition) is 4. The molecule has 1 aliphatic heterocycles. The molecule has 0 radical (unpaired) electrons. The predicted octanol–water partition coefficient (Wildman–Crippen LogP) is 3.41. The number of carbonyl (C=O) groups excluding carboxylic acids is 1. The van der Waals surface area contributed by atoms with E-state index in [-0.39, 0.29) is 17.2 Å². The predicted molar refractivity (Wildman–Crippen MR) is 103 cm³/mol. The molecule has 6 heteroatoms. The van der Waals surface area contributed by atoms with E-state index in [4.69, 9.17) is 0 Å². The molecule has 132 valence electrons. The van der Waals surface area contributed by atoms with Crippen LogP contribution in [0.2, 0.25) is 0 Å². The van der Waals surface area contributed by atoms with Crippen LogP contribution >= 0.6 is 0 Å². The number of nitrogens with zero attached hydrogens (tertiary/aromatic N) is 3. The Morgan fingerprint density at radius 1 is 1.15 bits per heavy atom. The second-order valence-corrected chi connectivity index (χ2v) is 6.54. The maximum atomic E-state index is 12.8. The van der Waals surface area contributed by atoms with Gasteiger partial charge < -0.3 is 19.9 Å². The molecule has 4 rings (SSSR count). The molecule has 0 aliphatic carbocycles. The Hall–Kier alpha value is -3.28. The molecule has 2 heterocycles. The lowest BCUT2D eigenvalue weighted by atomic mass is 10.1. The number of amides is 1. The highest BCUT2D eigenvalue weighted by molar-refractivity contribution is 6.25. The third kappa shape index (κ3) is 2.69. The first kappa shape index (κ1) is 16.2. The van der Waals surface area contributed by atoms with Gasteiger partial charge in [-0.25, -0.2) is 4.98 Å². The van der Waals surface area contributed by atoms with Crippen molar-refractivity contribution in [3.05, 3.63) is 60.1 Å². The first-order valence-electron chi connectivity index (χ1n) is 8.51. The SMILES string of the molecule is CN(C)c1ccc(NC(=O)C2=C(O)CCn3c2nc2ccccc23)cc1. The third-order valence-electron chi connectivity index (χ3n) is 4.61. The van der Waals surface area contributed by atoms with Gasteiger partial charge >= 0.3 is 0 Å². The van der Waals surface area contributed by atoms with Gasteiger partial charge in [0.25, 0.3) is 5.91 Å². The van der Waals surface area contributed by atoms with Gasteiger partial charge in [0, 0.05) is 38.4 Å². The van der Waals surface area contributed by atoms with E-state index in [9.17, 15) is 9.90 Å². The highest BCUT2D eigenvalue weighted by atomic mass is 16.3. The van der Waals surface area contributed by atoms with E-state index >= 15 is 0 Å². The van der Waals surface area contributed by atoms with Gasteiger partial charge in [0.2, 0.25) is 0 Å². The number of aryl methyl sites for hydroxylation is 1. The minimum absolute atomic E-state index is 0.0789. The molecule has 26 heavy (non-hydrogen) atoms. The minimum atomic E-state index is -0.351. The Morgan fingerprint density at radius 3 is 2.62 bits per heavy atom. The van der Waals surface area contributed by atoms with Crippen molar-refractivity contribution in [3.63, 3.8) is 0 Å². The van der Waals surface area contributed by atoms with Crippen molar-refractivity contribution >= 4 is 33.9 Å². The summed E-state index contributed by atoms with van der Waals surface area (Å²) in [6, 6.07) is 15.3. The summed E-state index contributed by atoms with van der Waals surface area (Å²) in [6.45, 7) is 0.607. The van der Waals surface area contributed by atoms with Gasteiger partial charge in [-0.3, -0.25) is 4.79 Å². The molecule has 2 N–H and O–H groups in total. The zero-order valence-electron chi connectivity index (χ0n) is 14.7. The summed E-state index contributed by atoms with van der Waals surface area (Å²) < 4.78 is 1.99. The van der Waals surface area contributed by atoms with Crippen LogP contribution in [0.3, 0.4) is 0 Å². The Bertz CT molecular complexity index is 1020. The Morgan fingerprint density at radius 2 is 1.88 bits per heavy atom. The van der Waals surface area contributed by atoms with Gasteiger partial charge in [0.15, 0.2) is 0 Å². The summed E-state index contributed by atoms with van der Waals surface area (Å²) in [5.41, 5.74) is 3.75. The minimum Gasteiger partial charge on any atom is -0.511 e. The number of nitrogens with one attached hydrogen (secondary N) is 1. The molecule has 1 aromatic heterocycles. The van der Waals surface area contributed by atoms with Crippen molar-refractivity contribution in [2.24, 2.45) is 0 Å². The van der Waals surface area contributed by atoms with Crippen molar-refractivity contribution in [2.75, 3.05) is 24.3 Å². The number of para-hydroxylation sites is 2. The van der Waals surface area contributed by atoms with Crippen LogP contribution in [0.4, 0.5) is 11.4 Å². The number of aliphatic hydroxyl groups excluding tert-OH is 1. The zero-order valence-corrected chi connectivity index (χ0v) is 14.7. The van der Waals surface area contributed by atoms with Gasteiger partial charge in [-0.15, -0.1) is 0 Å². The summed E-state index contributed by atoms with van der Waals surface area (Å²) in [5, 5.41) is 13.2. The van der Waals surface area contributed by atoms with Crippen LogP contribution in [0.1, 0.15) is 12.2 Å². The van der Waals surface area contributed by atoms with E-state index in [2.05, 4.69) is 10.3 Å². The van der Waals surface area contributed by atoms with E-state index < -0.39 is 0 Å². The van der Waals surface area contributed by atoms with E-state index in [0.29, 0.717) is 24.5 Å². The summed E-state index contributed by atoms with van der Waals surface area (Å²) in [5.74, 6) is 0.240. The van der Waals surface area contributed by atoms with Crippen LogP contribution in [-0.4, -0.2) is 34.7 Å². The third-order valence-corrected chi connectivity index (χ3v) is 4.61. The monoisotopic (exact) mass is 348 g/mol. The Labute approximate surface area is 151 Å². The molecule has 1 aliphatic rings. The van der Waals surface area contributed by atoms with Crippen molar-refractivity contribution in [1.82, 2.24) is 9.55 Å². The number of aliphatic hydroxyl groups is 1. The van der Waals surface area contributed by atoms with Gasteiger partial charge in [-0.2, -0.15) is 0 Å². The van der Waals surface area contributed by atoms with Gasteiger partial charge in [-0.05, 0) is 36.4 Å². The van der Waals surface area contributed by atoms with Crippen LogP contribution in [0, 0.1) is 0 Å². The van der Waals surface area contributed by atoms with E-state index in [0.717, 1.165) is 16.7 Å². The highest BCUT2D eigenvalue weighted by Gasteiger charge is 2.28. The smallest absolute Gasteiger partial charge is 0.262 e. The second-order valence-electron chi connectivity index (χ2n) is 6.54. The number of rotatable bonds is 3. The van der Waals surface area contributed by atoms with Crippen LogP contribution in [0.25, 0.3) is 16.6 Å². The quantitative estimate of drug-likeness (QED) is 0.761. The summed E-state index contributed by atoms with van der Waals surface area (Å²) in [4.78, 5) is 19.4. The molecule has 0 spiro atoms. The summed E-state index contributed by atoms with van der Waals surface area (Å²) >= 11 is 0. The molecule has 0 saturated heterocycles. The molecular formula is C20H20N4O2.